The molecule has 12 heteroatoms. The van der Waals surface area contributed by atoms with Gasteiger partial charge < -0.3 is 0 Å². The number of hydroxylamine groups is 2. The maximum absolute atomic E-state index is 8.81. The van der Waals surface area contributed by atoms with Gasteiger partial charge in [0.2, 0.25) is 0 Å². The van der Waals surface area contributed by atoms with Crippen molar-refractivity contribution < 1.29 is 25.2 Å². The molecule has 0 aliphatic rings. The average Bonchev–Trinajstić information content (AvgIpc) is 1.76. The van der Waals surface area contributed by atoms with Gasteiger partial charge in [-0.05, 0) is 0 Å². The molecule has 98 valence electrons. The van der Waals surface area contributed by atoms with Gasteiger partial charge in [-0.1, -0.05) is 5.23 Å². The van der Waals surface area contributed by atoms with Crippen LogP contribution in [0.25, 0.3) is 0 Å². The normalized spacial score (nSPS) is 6.94. The minimum Gasteiger partial charge on any atom is -0.290 e. The van der Waals surface area contributed by atoms with Crippen molar-refractivity contribution in [2.45, 2.75) is 0 Å². The van der Waals surface area contributed by atoms with Crippen LogP contribution in [0.15, 0.2) is 0 Å². The van der Waals surface area contributed by atoms with Gasteiger partial charge in [-0.25, -0.2) is 0 Å². The smallest absolute Gasteiger partial charge is 0.194 e. The molecule has 0 amide bonds. The highest BCUT2D eigenvalue weighted by Gasteiger charge is 1.61. The van der Waals surface area contributed by atoms with Gasteiger partial charge in [0.25, 0.3) is 0 Å². The van der Waals surface area contributed by atoms with Gasteiger partial charge >= 0.3 is 0 Å². The molecule has 0 saturated carbocycles. The molecule has 0 rings (SSSR count). The molecule has 16 heavy (non-hydrogen) atoms. The van der Waals surface area contributed by atoms with E-state index in [0.717, 1.165) is 28.2 Å². The lowest BCUT2D eigenvalue weighted by molar-refractivity contribution is -0.445. The molecule has 0 saturated heterocycles. The lowest BCUT2D eigenvalue weighted by atomic mass is 11.5. The maximum atomic E-state index is 8.81. The Morgan fingerprint density at radius 1 is 0.812 bits per heavy atom. The monoisotopic (exact) mass is 246 g/mol. The molecule has 0 aromatic heterocycles. The third kappa shape index (κ3) is 402. The van der Waals surface area contributed by atoms with Gasteiger partial charge in [0, 0.05) is 21.8 Å². The predicted octanol–water partition coefficient (Wildman–Crippen LogP) is -0.625. The van der Waals surface area contributed by atoms with Crippen LogP contribution in [0.3, 0.4) is 0 Å². The molecule has 0 unspecified atom stereocenters. The topological polar surface area (TPSA) is 173 Å². The SMILES string of the molecule is CN(O)O.C[N+](=O)[O-].C[N+](=O)[O-].C[N+](=O)[O-]. The van der Waals surface area contributed by atoms with Crippen molar-refractivity contribution in [2.24, 2.45) is 0 Å². The van der Waals surface area contributed by atoms with Crippen LogP contribution in [0, 0.1) is 30.3 Å². The molecular formula is C4H14N4O8. The van der Waals surface area contributed by atoms with Crippen molar-refractivity contribution in [1.29, 1.82) is 0 Å². The Morgan fingerprint density at radius 2 is 0.812 bits per heavy atom. The predicted molar refractivity (Wildman–Crippen MR) is 50.1 cm³/mol. The zero-order valence-electron chi connectivity index (χ0n) is 9.13. The van der Waals surface area contributed by atoms with E-state index >= 15 is 0 Å². The molecule has 0 bridgehead atoms. The van der Waals surface area contributed by atoms with E-state index in [0.29, 0.717) is 0 Å². The average molecular weight is 246 g/mol. The van der Waals surface area contributed by atoms with E-state index < -0.39 is 14.8 Å². The van der Waals surface area contributed by atoms with Crippen LogP contribution >= 0.6 is 0 Å². The van der Waals surface area contributed by atoms with Crippen LogP contribution in [-0.2, 0) is 0 Å². The van der Waals surface area contributed by atoms with E-state index in [-0.39, 0.29) is 5.23 Å². The summed E-state index contributed by atoms with van der Waals surface area (Å²) in [7, 11) is 3.78. The van der Waals surface area contributed by atoms with Gasteiger partial charge in [-0.2, -0.15) is 0 Å². The number of nitro groups is 3. The molecule has 0 fully saturated rings. The summed E-state index contributed by atoms with van der Waals surface area (Å²) < 4.78 is 0. The summed E-state index contributed by atoms with van der Waals surface area (Å²) in [5.41, 5.74) is 0. The highest BCUT2D eigenvalue weighted by Crippen LogP contribution is 1.45. The maximum Gasteiger partial charge on any atom is 0.194 e. The second kappa shape index (κ2) is 18.8. The molecule has 0 aromatic carbocycles. The zero-order valence-corrected chi connectivity index (χ0v) is 9.13. The number of hydrogen-bond donors (Lipinski definition) is 2. The van der Waals surface area contributed by atoms with Crippen molar-refractivity contribution in [1.82, 2.24) is 5.23 Å². The van der Waals surface area contributed by atoms with Crippen LogP contribution < -0.4 is 0 Å². The molecule has 0 heterocycles. The number of rotatable bonds is 0. The summed E-state index contributed by atoms with van der Waals surface area (Å²) in [6, 6.07) is 0. The second-order valence-electron chi connectivity index (χ2n) is 1.81. The van der Waals surface area contributed by atoms with Gasteiger partial charge in [-0.3, -0.25) is 40.8 Å². The Bertz CT molecular complexity index is 151. The Kier molecular flexibility index (Phi) is 27.8. The van der Waals surface area contributed by atoms with Crippen LogP contribution in [0.1, 0.15) is 0 Å². The van der Waals surface area contributed by atoms with Gasteiger partial charge in [-0.15, -0.1) is 0 Å². The summed E-state index contributed by atoms with van der Waals surface area (Å²) in [5.74, 6) is 0. The first-order valence-corrected chi connectivity index (χ1v) is 3.28. The third-order valence-electron chi connectivity index (χ3n) is 0. The first kappa shape index (κ1) is 23.7. The molecule has 0 aliphatic carbocycles. The van der Waals surface area contributed by atoms with Gasteiger partial charge in [0.1, 0.15) is 0 Å². The quantitative estimate of drug-likeness (QED) is 0.416. The van der Waals surface area contributed by atoms with Gasteiger partial charge in [0.05, 0.1) is 0 Å². The summed E-state index contributed by atoms with van der Waals surface area (Å²) in [6.45, 7) is 0. The Balaban J connectivity index is -0.0000000600. The largest absolute Gasteiger partial charge is 0.290 e. The molecular weight excluding hydrogens is 232 g/mol. The van der Waals surface area contributed by atoms with E-state index in [2.05, 4.69) is 0 Å². The van der Waals surface area contributed by atoms with E-state index in [9.17, 15) is 0 Å². The molecule has 0 spiro atoms. The molecule has 0 aromatic rings. The number of nitrogens with zero attached hydrogens (tertiary/aromatic N) is 4. The fourth-order valence-corrected chi connectivity index (χ4v) is 0. The van der Waals surface area contributed by atoms with E-state index in [1.165, 1.54) is 0 Å². The number of hydrogen-bond acceptors (Lipinski definition) is 9. The summed E-state index contributed by atoms with van der Waals surface area (Å²) in [4.78, 5) is 24.9. The summed E-state index contributed by atoms with van der Waals surface area (Å²) >= 11 is 0. The highest BCUT2D eigenvalue weighted by molar-refractivity contribution is 3.92. The fourth-order valence-electron chi connectivity index (χ4n) is 0. The minimum absolute atomic E-state index is 0. The van der Waals surface area contributed by atoms with Crippen molar-refractivity contribution in [3.63, 3.8) is 0 Å². The second-order valence-corrected chi connectivity index (χ2v) is 1.81. The molecule has 0 aliphatic heterocycles. The summed E-state index contributed by atoms with van der Waals surface area (Å²) in [6.07, 6.45) is 0. The molecule has 2 N–H and O–H groups in total. The highest BCUT2D eigenvalue weighted by atomic mass is 16.8. The van der Waals surface area contributed by atoms with Crippen LogP contribution in [0.5, 0.6) is 0 Å². The van der Waals surface area contributed by atoms with Crippen LogP contribution in [0.4, 0.5) is 0 Å². The lowest BCUT2D eigenvalue weighted by Gasteiger charge is -1.87. The molecule has 12 nitrogen and oxygen atoms in total. The third-order valence-corrected chi connectivity index (χ3v) is 0. The Labute approximate surface area is 90.1 Å². The minimum atomic E-state index is -0.500. The Hall–Kier alpha value is -1.92. The van der Waals surface area contributed by atoms with Crippen LogP contribution in [-0.4, -0.2) is 58.6 Å². The zero-order chi connectivity index (χ0) is 14.3. The van der Waals surface area contributed by atoms with Crippen molar-refractivity contribution in [2.75, 3.05) is 28.2 Å². The van der Waals surface area contributed by atoms with Crippen LogP contribution in [0.2, 0.25) is 0 Å². The van der Waals surface area contributed by atoms with E-state index in [1.54, 1.807) is 0 Å². The first-order valence-electron chi connectivity index (χ1n) is 3.28. The first-order chi connectivity index (χ1) is 6.93. The fraction of sp³-hybridized carbons (Fsp3) is 1.00. The standard InChI is InChI=1S/CH5NO2.3CH3NO2/c4*1-2(3)4/h3-4H,1H3;3*1H3. The lowest BCUT2D eigenvalue weighted by Crippen LogP contribution is -2.02. The molecule has 0 radical (unpaired) electrons. The van der Waals surface area contributed by atoms with Gasteiger partial charge in [0.15, 0.2) is 21.1 Å². The van der Waals surface area contributed by atoms with Crippen molar-refractivity contribution in [3.8, 4) is 0 Å². The van der Waals surface area contributed by atoms with E-state index in [4.69, 9.17) is 40.8 Å². The molecule has 0 atom stereocenters. The Morgan fingerprint density at radius 3 is 0.812 bits per heavy atom. The van der Waals surface area contributed by atoms with E-state index in [1.807, 2.05) is 0 Å². The van der Waals surface area contributed by atoms with Crippen molar-refractivity contribution in [3.05, 3.63) is 30.3 Å². The van der Waals surface area contributed by atoms with Crippen molar-refractivity contribution >= 4 is 0 Å². The summed E-state index contributed by atoms with van der Waals surface area (Å²) in [5, 5.41) is 41.3.